The van der Waals surface area contributed by atoms with Crippen molar-refractivity contribution in [3.8, 4) is 23.0 Å². The zero-order valence-corrected chi connectivity index (χ0v) is 13.8. The van der Waals surface area contributed by atoms with Crippen LogP contribution in [0.5, 0.6) is 23.0 Å². The normalized spacial score (nSPS) is 10.1. The Kier molecular flexibility index (Phi) is 5.33. The van der Waals surface area contributed by atoms with Gasteiger partial charge in [0.05, 0.1) is 21.3 Å². The van der Waals surface area contributed by atoms with Crippen molar-refractivity contribution in [3.05, 3.63) is 46.4 Å². The van der Waals surface area contributed by atoms with E-state index in [1.807, 2.05) is 30.3 Å². The van der Waals surface area contributed by atoms with Crippen LogP contribution >= 0.6 is 15.9 Å². The Bertz CT molecular complexity index is 591. The highest BCUT2D eigenvalue weighted by Crippen LogP contribution is 2.29. The molecule has 5 heteroatoms. The van der Waals surface area contributed by atoms with E-state index in [1.165, 1.54) is 0 Å². The van der Waals surface area contributed by atoms with Crippen molar-refractivity contribution in [2.24, 2.45) is 0 Å². The van der Waals surface area contributed by atoms with Gasteiger partial charge in [-0.3, -0.25) is 0 Å². The summed E-state index contributed by atoms with van der Waals surface area (Å²) in [6.07, 6.45) is 0. The standard InChI is InChI=1S/C16H17BrO4/c1-18-13-7-14(19-2)9-15(8-13)21-10-11-6-12(17)4-5-16(11)20-3/h4-9H,10H2,1-3H3. The van der Waals surface area contributed by atoms with Crippen molar-refractivity contribution in [2.45, 2.75) is 6.61 Å². The van der Waals surface area contributed by atoms with Crippen molar-refractivity contribution in [3.63, 3.8) is 0 Å². The largest absolute Gasteiger partial charge is 0.496 e. The molecule has 0 radical (unpaired) electrons. The lowest BCUT2D eigenvalue weighted by Crippen LogP contribution is -1.99. The summed E-state index contributed by atoms with van der Waals surface area (Å²) >= 11 is 3.45. The van der Waals surface area contributed by atoms with Crippen molar-refractivity contribution in [2.75, 3.05) is 21.3 Å². The van der Waals surface area contributed by atoms with Crippen molar-refractivity contribution >= 4 is 15.9 Å². The van der Waals surface area contributed by atoms with E-state index >= 15 is 0 Å². The monoisotopic (exact) mass is 352 g/mol. The third-order valence-corrected chi connectivity index (χ3v) is 3.45. The molecule has 0 saturated carbocycles. The number of benzene rings is 2. The minimum absolute atomic E-state index is 0.388. The lowest BCUT2D eigenvalue weighted by Gasteiger charge is -2.12. The van der Waals surface area contributed by atoms with Gasteiger partial charge in [0.1, 0.15) is 29.6 Å². The minimum atomic E-state index is 0.388. The summed E-state index contributed by atoms with van der Waals surface area (Å²) in [7, 11) is 4.85. The number of hydrogen-bond donors (Lipinski definition) is 0. The van der Waals surface area contributed by atoms with Crippen molar-refractivity contribution in [1.82, 2.24) is 0 Å². The Labute approximate surface area is 132 Å². The summed E-state index contributed by atoms with van der Waals surface area (Å²) in [5.74, 6) is 2.83. The van der Waals surface area contributed by atoms with Crippen LogP contribution in [0.4, 0.5) is 0 Å². The number of ether oxygens (including phenoxy) is 4. The molecule has 4 nitrogen and oxygen atoms in total. The maximum atomic E-state index is 5.81. The van der Waals surface area contributed by atoms with Gasteiger partial charge in [-0.2, -0.15) is 0 Å². The lowest BCUT2D eigenvalue weighted by molar-refractivity contribution is 0.292. The zero-order chi connectivity index (χ0) is 15.2. The molecule has 2 aromatic carbocycles. The molecular formula is C16H17BrO4. The first kappa shape index (κ1) is 15.5. The highest BCUT2D eigenvalue weighted by Gasteiger charge is 2.07. The minimum Gasteiger partial charge on any atom is -0.496 e. The molecule has 0 N–H and O–H groups in total. The highest BCUT2D eigenvalue weighted by atomic mass is 79.9. The number of halogens is 1. The molecule has 0 heterocycles. The molecule has 0 aliphatic rings. The second kappa shape index (κ2) is 7.22. The molecule has 112 valence electrons. The van der Waals surface area contributed by atoms with E-state index in [4.69, 9.17) is 18.9 Å². The summed E-state index contributed by atoms with van der Waals surface area (Å²) < 4.78 is 22.6. The SMILES string of the molecule is COc1cc(OC)cc(OCc2cc(Br)ccc2OC)c1. The highest BCUT2D eigenvalue weighted by molar-refractivity contribution is 9.10. The van der Waals surface area contributed by atoms with Crippen LogP contribution in [0.25, 0.3) is 0 Å². The Morgan fingerprint density at radius 3 is 2.00 bits per heavy atom. The molecule has 2 rings (SSSR count). The maximum absolute atomic E-state index is 5.81. The van der Waals surface area contributed by atoms with Crippen LogP contribution in [0.15, 0.2) is 40.9 Å². The Balaban J connectivity index is 2.18. The van der Waals surface area contributed by atoms with Crippen LogP contribution in [0.2, 0.25) is 0 Å². The van der Waals surface area contributed by atoms with Crippen LogP contribution in [0.1, 0.15) is 5.56 Å². The molecule has 0 unspecified atom stereocenters. The van der Waals surface area contributed by atoms with E-state index in [0.717, 1.165) is 15.8 Å². The summed E-state index contributed by atoms with van der Waals surface area (Å²) in [5, 5.41) is 0. The van der Waals surface area contributed by atoms with Crippen LogP contribution in [0, 0.1) is 0 Å². The van der Waals surface area contributed by atoms with E-state index in [-0.39, 0.29) is 0 Å². The fourth-order valence-electron chi connectivity index (χ4n) is 1.89. The zero-order valence-electron chi connectivity index (χ0n) is 12.2. The van der Waals surface area contributed by atoms with E-state index in [0.29, 0.717) is 23.9 Å². The van der Waals surface area contributed by atoms with Gasteiger partial charge in [0, 0.05) is 28.2 Å². The van der Waals surface area contributed by atoms with E-state index in [1.54, 1.807) is 27.4 Å². The first-order valence-electron chi connectivity index (χ1n) is 6.34. The molecule has 0 saturated heterocycles. The van der Waals surface area contributed by atoms with Gasteiger partial charge in [0.25, 0.3) is 0 Å². The molecule has 0 aromatic heterocycles. The topological polar surface area (TPSA) is 36.9 Å². The van der Waals surface area contributed by atoms with Crippen LogP contribution < -0.4 is 18.9 Å². The summed E-state index contributed by atoms with van der Waals surface area (Å²) in [4.78, 5) is 0. The van der Waals surface area contributed by atoms with Gasteiger partial charge in [-0.05, 0) is 18.2 Å². The third kappa shape index (κ3) is 4.04. The molecule has 21 heavy (non-hydrogen) atoms. The molecule has 2 aromatic rings. The molecule has 0 aliphatic heterocycles. The molecular weight excluding hydrogens is 336 g/mol. The van der Waals surface area contributed by atoms with Crippen LogP contribution in [-0.2, 0) is 6.61 Å². The van der Waals surface area contributed by atoms with E-state index in [9.17, 15) is 0 Å². The van der Waals surface area contributed by atoms with Crippen molar-refractivity contribution < 1.29 is 18.9 Å². The van der Waals surface area contributed by atoms with Gasteiger partial charge in [-0.15, -0.1) is 0 Å². The predicted molar refractivity (Wildman–Crippen MR) is 84.6 cm³/mol. The van der Waals surface area contributed by atoms with Gasteiger partial charge in [-0.25, -0.2) is 0 Å². The van der Waals surface area contributed by atoms with Gasteiger partial charge in [-0.1, -0.05) is 15.9 Å². The quantitative estimate of drug-likeness (QED) is 0.785. The fourth-order valence-corrected chi connectivity index (χ4v) is 2.29. The molecule has 0 atom stereocenters. The number of methoxy groups -OCH3 is 3. The average molecular weight is 353 g/mol. The predicted octanol–water partition coefficient (Wildman–Crippen LogP) is 4.05. The molecule has 0 aliphatic carbocycles. The second-order valence-electron chi connectivity index (χ2n) is 4.29. The maximum Gasteiger partial charge on any atom is 0.127 e. The van der Waals surface area contributed by atoms with Gasteiger partial charge < -0.3 is 18.9 Å². The van der Waals surface area contributed by atoms with E-state index < -0.39 is 0 Å². The number of rotatable bonds is 6. The van der Waals surface area contributed by atoms with Gasteiger partial charge in [0.2, 0.25) is 0 Å². The summed E-state index contributed by atoms with van der Waals surface area (Å²) in [6.45, 7) is 0.388. The molecule has 0 bridgehead atoms. The number of hydrogen-bond acceptors (Lipinski definition) is 4. The van der Waals surface area contributed by atoms with Gasteiger partial charge >= 0.3 is 0 Å². The third-order valence-electron chi connectivity index (χ3n) is 2.96. The van der Waals surface area contributed by atoms with E-state index in [2.05, 4.69) is 15.9 Å². The summed E-state index contributed by atoms with van der Waals surface area (Å²) in [6, 6.07) is 11.2. The van der Waals surface area contributed by atoms with Crippen LogP contribution in [0.3, 0.4) is 0 Å². The summed E-state index contributed by atoms with van der Waals surface area (Å²) in [5.41, 5.74) is 0.952. The average Bonchev–Trinajstić information content (AvgIpc) is 2.52. The van der Waals surface area contributed by atoms with Crippen LogP contribution in [-0.4, -0.2) is 21.3 Å². The molecule has 0 spiro atoms. The fraction of sp³-hybridized carbons (Fsp3) is 0.250. The smallest absolute Gasteiger partial charge is 0.127 e. The Hall–Kier alpha value is -1.88. The molecule has 0 amide bonds. The second-order valence-corrected chi connectivity index (χ2v) is 5.21. The first-order valence-corrected chi connectivity index (χ1v) is 7.14. The Morgan fingerprint density at radius 1 is 0.810 bits per heavy atom. The van der Waals surface area contributed by atoms with Gasteiger partial charge in [0.15, 0.2) is 0 Å². The van der Waals surface area contributed by atoms with Crippen molar-refractivity contribution in [1.29, 1.82) is 0 Å². The Morgan fingerprint density at radius 2 is 1.43 bits per heavy atom. The first-order chi connectivity index (χ1) is 10.2. The molecule has 0 fully saturated rings. The lowest BCUT2D eigenvalue weighted by atomic mass is 10.2.